The molecule has 0 saturated heterocycles. The Labute approximate surface area is 123 Å². The predicted octanol–water partition coefficient (Wildman–Crippen LogP) is 4.91. The van der Waals surface area contributed by atoms with E-state index in [0.717, 1.165) is 43.2 Å². The topological polar surface area (TPSA) is 35.8 Å². The molecule has 0 spiro atoms. The molecule has 2 unspecified atom stereocenters. The fourth-order valence-electron chi connectivity index (χ4n) is 3.21. The SMILES string of the molecule is Cc1ccc(NC2(C#N)CCCC(C(C)C)CC2)cc1. The number of hydrogen-bond donors (Lipinski definition) is 1. The lowest BCUT2D eigenvalue weighted by Crippen LogP contribution is -2.36. The fourth-order valence-corrected chi connectivity index (χ4v) is 3.21. The van der Waals surface area contributed by atoms with Gasteiger partial charge in [0.05, 0.1) is 6.07 Å². The van der Waals surface area contributed by atoms with Crippen LogP contribution in [0.4, 0.5) is 5.69 Å². The first-order valence-electron chi connectivity index (χ1n) is 7.81. The van der Waals surface area contributed by atoms with Gasteiger partial charge in [-0.25, -0.2) is 0 Å². The van der Waals surface area contributed by atoms with Crippen molar-refractivity contribution in [3.05, 3.63) is 29.8 Å². The van der Waals surface area contributed by atoms with Crippen LogP contribution in [0.15, 0.2) is 24.3 Å². The standard InChI is InChI=1S/C18H26N2/c1-14(2)16-5-4-11-18(13-19,12-10-16)20-17-8-6-15(3)7-9-17/h6-9,14,16,20H,4-5,10-12H2,1-3H3. The number of anilines is 1. The maximum atomic E-state index is 9.69. The molecule has 0 aliphatic heterocycles. The van der Waals surface area contributed by atoms with Crippen LogP contribution in [0.5, 0.6) is 0 Å². The first-order chi connectivity index (χ1) is 9.54. The van der Waals surface area contributed by atoms with E-state index in [9.17, 15) is 5.26 Å². The maximum absolute atomic E-state index is 9.69. The number of benzene rings is 1. The quantitative estimate of drug-likeness (QED) is 0.792. The van der Waals surface area contributed by atoms with Crippen molar-refractivity contribution in [3.63, 3.8) is 0 Å². The summed E-state index contributed by atoms with van der Waals surface area (Å²) in [5, 5.41) is 13.2. The van der Waals surface area contributed by atoms with Crippen LogP contribution in [-0.4, -0.2) is 5.54 Å². The van der Waals surface area contributed by atoms with Crippen molar-refractivity contribution in [1.29, 1.82) is 5.26 Å². The Morgan fingerprint density at radius 1 is 1.20 bits per heavy atom. The zero-order valence-corrected chi connectivity index (χ0v) is 12.9. The number of nitrogens with one attached hydrogen (secondary N) is 1. The van der Waals surface area contributed by atoms with Gasteiger partial charge in [-0.2, -0.15) is 5.26 Å². The van der Waals surface area contributed by atoms with Gasteiger partial charge in [-0.05, 0) is 56.6 Å². The summed E-state index contributed by atoms with van der Waals surface area (Å²) in [6.07, 6.45) is 5.48. The molecule has 1 aliphatic rings. The van der Waals surface area contributed by atoms with Crippen molar-refractivity contribution in [2.24, 2.45) is 11.8 Å². The summed E-state index contributed by atoms with van der Waals surface area (Å²) >= 11 is 0. The smallest absolute Gasteiger partial charge is 0.125 e. The van der Waals surface area contributed by atoms with E-state index in [2.05, 4.69) is 56.4 Å². The zero-order chi connectivity index (χ0) is 14.6. The molecule has 1 N–H and O–H groups in total. The summed E-state index contributed by atoms with van der Waals surface area (Å²) in [5.41, 5.74) is 1.95. The van der Waals surface area contributed by atoms with Crippen LogP contribution in [0, 0.1) is 30.1 Å². The van der Waals surface area contributed by atoms with Gasteiger partial charge in [0.25, 0.3) is 0 Å². The van der Waals surface area contributed by atoms with E-state index < -0.39 is 0 Å². The highest BCUT2D eigenvalue weighted by molar-refractivity contribution is 5.48. The van der Waals surface area contributed by atoms with Gasteiger partial charge in [-0.3, -0.25) is 0 Å². The molecule has 2 rings (SSSR count). The maximum Gasteiger partial charge on any atom is 0.125 e. The molecule has 1 aromatic carbocycles. The predicted molar refractivity (Wildman–Crippen MR) is 84.6 cm³/mol. The molecule has 0 radical (unpaired) electrons. The Morgan fingerprint density at radius 2 is 1.90 bits per heavy atom. The lowest BCUT2D eigenvalue weighted by molar-refractivity contribution is 0.339. The molecule has 20 heavy (non-hydrogen) atoms. The first kappa shape index (κ1) is 14.9. The minimum absolute atomic E-state index is 0.376. The molecule has 2 heteroatoms. The molecule has 1 aromatic rings. The van der Waals surface area contributed by atoms with Crippen LogP contribution in [0.3, 0.4) is 0 Å². The summed E-state index contributed by atoms with van der Waals surface area (Å²) in [4.78, 5) is 0. The monoisotopic (exact) mass is 270 g/mol. The normalized spacial score (nSPS) is 26.9. The van der Waals surface area contributed by atoms with Crippen LogP contribution in [0.2, 0.25) is 0 Å². The van der Waals surface area contributed by atoms with Gasteiger partial charge in [-0.1, -0.05) is 38.0 Å². The molecule has 1 fully saturated rings. The second-order valence-electron chi connectivity index (χ2n) is 6.62. The Balaban J connectivity index is 2.10. The van der Waals surface area contributed by atoms with Crippen LogP contribution in [0.25, 0.3) is 0 Å². The van der Waals surface area contributed by atoms with Crippen molar-refractivity contribution in [2.75, 3.05) is 5.32 Å². The number of aryl methyl sites for hydroxylation is 1. The highest BCUT2D eigenvalue weighted by Crippen LogP contribution is 2.35. The minimum atomic E-state index is -0.376. The highest BCUT2D eigenvalue weighted by atomic mass is 15.0. The van der Waals surface area contributed by atoms with Crippen LogP contribution < -0.4 is 5.32 Å². The summed E-state index contributed by atoms with van der Waals surface area (Å²) < 4.78 is 0. The largest absolute Gasteiger partial charge is 0.367 e. The number of rotatable bonds is 3. The molecule has 2 atom stereocenters. The second kappa shape index (κ2) is 6.31. The average molecular weight is 270 g/mol. The van der Waals surface area contributed by atoms with Crippen LogP contribution in [0.1, 0.15) is 51.5 Å². The molecule has 2 nitrogen and oxygen atoms in total. The van der Waals surface area contributed by atoms with Crippen molar-refractivity contribution in [3.8, 4) is 6.07 Å². The third kappa shape index (κ3) is 3.54. The zero-order valence-electron chi connectivity index (χ0n) is 12.9. The Morgan fingerprint density at radius 3 is 2.50 bits per heavy atom. The second-order valence-corrected chi connectivity index (χ2v) is 6.62. The van der Waals surface area contributed by atoms with Gasteiger partial charge < -0.3 is 5.32 Å². The molecule has 0 bridgehead atoms. The van der Waals surface area contributed by atoms with E-state index in [1.165, 1.54) is 12.0 Å². The van der Waals surface area contributed by atoms with Crippen molar-refractivity contribution in [2.45, 2.75) is 58.4 Å². The minimum Gasteiger partial charge on any atom is -0.367 e. The molecule has 0 aromatic heterocycles. The Hall–Kier alpha value is -1.49. The van der Waals surface area contributed by atoms with Gasteiger partial charge in [0.15, 0.2) is 0 Å². The summed E-state index contributed by atoms with van der Waals surface area (Å²) in [6.45, 7) is 6.69. The van der Waals surface area contributed by atoms with Crippen LogP contribution in [-0.2, 0) is 0 Å². The van der Waals surface area contributed by atoms with Gasteiger partial charge in [0.2, 0.25) is 0 Å². The van der Waals surface area contributed by atoms with E-state index in [1.54, 1.807) is 0 Å². The van der Waals surface area contributed by atoms with E-state index >= 15 is 0 Å². The molecule has 1 aliphatic carbocycles. The summed E-state index contributed by atoms with van der Waals surface area (Å²) in [7, 11) is 0. The fraction of sp³-hybridized carbons (Fsp3) is 0.611. The van der Waals surface area contributed by atoms with E-state index in [0.29, 0.717) is 0 Å². The summed E-state index contributed by atoms with van der Waals surface area (Å²) in [5.74, 6) is 1.49. The Bertz CT molecular complexity index is 469. The van der Waals surface area contributed by atoms with Crippen LogP contribution >= 0.6 is 0 Å². The molecule has 108 valence electrons. The van der Waals surface area contributed by atoms with E-state index in [1.807, 2.05) is 0 Å². The summed E-state index contributed by atoms with van der Waals surface area (Å²) in [6, 6.07) is 10.9. The lowest BCUT2D eigenvalue weighted by Gasteiger charge is -2.28. The third-order valence-corrected chi connectivity index (χ3v) is 4.71. The van der Waals surface area contributed by atoms with E-state index in [4.69, 9.17) is 0 Å². The van der Waals surface area contributed by atoms with Gasteiger partial charge in [0.1, 0.15) is 5.54 Å². The van der Waals surface area contributed by atoms with Crippen molar-refractivity contribution in [1.82, 2.24) is 0 Å². The van der Waals surface area contributed by atoms with E-state index in [-0.39, 0.29) is 5.54 Å². The molecule has 1 saturated carbocycles. The average Bonchev–Trinajstić information content (AvgIpc) is 2.65. The third-order valence-electron chi connectivity index (χ3n) is 4.71. The number of hydrogen-bond acceptors (Lipinski definition) is 2. The van der Waals surface area contributed by atoms with Gasteiger partial charge >= 0.3 is 0 Å². The van der Waals surface area contributed by atoms with Crippen molar-refractivity contribution < 1.29 is 0 Å². The van der Waals surface area contributed by atoms with Crippen molar-refractivity contribution >= 4 is 5.69 Å². The molecule has 0 heterocycles. The number of nitrogens with zero attached hydrogens (tertiary/aromatic N) is 1. The number of nitriles is 1. The first-order valence-corrected chi connectivity index (χ1v) is 7.81. The highest BCUT2D eigenvalue weighted by Gasteiger charge is 2.33. The van der Waals surface area contributed by atoms with Gasteiger partial charge in [-0.15, -0.1) is 0 Å². The lowest BCUT2D eigenvalue weighted by atomic mass is 9.87. The Kier molecular flexibility index (Phi) is 4.70. The molecular formula is C18H26N2. The van der Waals surface area contributed by atoms with Gasteiger partial charge in [0, 0.05) is 5.69 Å². The molecule has 0 amide bonds. The molecular weight excluding hydrogens is 244 g/mol.